The lowest BCUT2D eigenvalue weighted by Gasteiger charge is -2.11. The average molecular weight is 362 g/mol. The van der Waals surface area contributed by atoms with Gasteiger partial charge in [0.05, 0.1) is 6.42 Å². The van der Waals surface area contributed by atoms with Crippen molar-refractivity contribution in [2.24, 2.45) is 4.99 Å². The third kappa shape index (κ3) is 4.91. The minimum absolute atomic E-state index is 0.0930. The van der Waals surface area contributed by atoms with E-state index in [2.05, 4.69) is 16.9 Å². The highest BCUT2D eigenvalue weighted by Crippen LogP contribution is 2.23. The van der Waals surface area contributed by atoms with Gasteiger partial charge in [-0.3, -0.25) is 14.6 Å². The summed E-state index contributed by atoms with van der Waals surface area (Å²) in [5.41, 5.74) is 3.29. The highest BCUT2D eigenvalue weighted by molar-refractivity contribution is 6.12. The molecule has 0 aromatic heterocycles. The fourth-order valence-electron chi connectivity index (χ4n) is 2.91. The van der Waals surface area contributed by atoms with Crippen LogP contribution in [-0.4, -0.2) is 23.6 Å². The van der Waals surface area contributed by atoms with E-state index >= 15 is 0 Å². The Morgan fingerprint density at radius 2 is 1.89 bits per heavy atom. The number of benzene rings is 2. The van der Waals surface area contributed by atoms with Gasteiger partial charge in [-0.05, 0) is 24.5 Å². The van der Waals surface area contributed by atoms with Crippen LogP contribution in [0.3, 0.4) is 0 Å². The van der Waals surface area contributed by atoms with Gasteiger partial charge in [0.15, 0.2) is 0 Å². The molecule has 1 heterocycles. The van der Waals surface area contributed by atoms with Gasteiger partial charge in [0.2, 0.25) is 5.91 Å². The molecule has 5 heteroatoms. The summed E-state index contributed by atoms with van der Waals surface area (Å²) in [6.45, 7) is 3.93. The van der Waals surface area contributed by atoms with Crippen molar-refractivity contribution in [2.45, 2.75) is 31.9 Å². The summed E-state index contributed by atoms with van der Waals surface area (Å²) in [6.07, 6.45) is 3.12. The minimum Gasteiger partial charge on any atom is -0.461 e. The predicted octanol–water partition coefficient (Wildman–Crippen LogP) is 3.90. The normalized spacial score (nSPS) is 15.8. The number of nitrogens with zero attached hydrogens (tertiary/aromatic N) is 1. The van der Waals surface area contributed by atoms with Crippen molar-refractivity contribution < 1.29 is 14.3 Å². The Morgan fingerprint density at radius 3 is 2.67 bits per heavy atom. The summed E-state index contributed by atoms with van der Waals surface area (Å²) in [6, 6.07) is 16.2. The molecule has 27 heavy (non-hydrogen) atoms. The van der Waals surface area contributed by atoms with Gasteiger partial charge < -0.3 is 10.1 Å². The molecular weight excluding hydrogens is 340 g/mol. The Morgan fingerprint density at radius 1 is 1.15 bits per heavy atom. The number of hydrogen-bond donors (Lipinski definition) is 1. The number of carbonyl (C=O) groups is 2. The molecule has 5 nitrogen and oxygen atoms in total. The number of esters is 1. The highest BCUT2D eigenvalue weighted by atomic mass is 16.5. The van der Waals surface area contributed by atoms with Crippen LogP contribution in [0.25, 0.3) is 0 Å². The second-order valence-corrected chi connectivity index (χ2v) is 6.30. The maximum atomic E-state index is 12.6. The van der Waals surface area contributed by atoms with Crippen molar-refractivity contribution in [1.29, 1.82) is 0 Å². The fourth-order valence-corrected chi connectivity index (χ4v) is 2.91. The van der Waals surface area contributed by atoms with Crippen molar-refractivity contribution in [3.63, 3.8) is 0 Å². The van der Waals surface area contributed by atoms with Crippen molar-refractivity contribution >= 4 is 23.3 Å². The van der Waals surface area contributed by atoms with Crippen LogP contribution in [0.15, 0.2) is 72.2 Å². The van der Waals surface area contributed by atoms with Crippen LogP contribution < -0.4 is 5.32 Å². The van der Waals surface area contributed by atoms with Gasteiger partial charge >= 0.3 is 5.97 Å². The van der Waals surface area contributed by atoms with E-state index in [-0.39, 0.29) is 18.9 Å². The van der Waals surface area contributed by atoms with Crippen LogP contribution in [0, 0.1) is 0 Å². The second-order valence-electron chi connectivity index (χ2n) is 6.30. The molecule has 2 aromatic carbocycles. The van der Waals surface area contributed by atoms with Crippen molar-refractivity contribution in [2.75, 3.05) is 5.32 Å². The van der Waals surface area contributed by atoms with Crippen molar-refractivity contribution in [1.82, 2.24) is 0 Å². The van der Waals surface area contributed by atoms with Gasteiger partial charge in [-0.25, -0.2) is 0 Å². The fraction of sp³-hybridized carbons (Fsp3) is 0.227. The topological polar surface area (TPSA) is 67.8 Å². The van der Waals surface area contributed by atoms with E-state index in [0.717, 1.165) is 23.3 Å². The van der Waals surface area contributed by atoms with Gasteiger partial charge in [-0.2, -0.15) is 0 Å². The summed E-state index contributed by atoms with van der Waals surface area (Å²) < 4.78 is 5.31. The van der Waals surface area contributed by atoms with E-state index in [1.54, 1.807) is 0 Å². The van der Waals surface area contributed by atoms with E-state index in [4.69, 9.17) is 4.74 Å². The molecule has 0 unspecified atom stereocenters. The van der Waals surface area contributed by atoms with E-state index in [1.165, 1.54) is 0 Å². The van der Waals surface area contributed by atoms with Gasteiger partial charge in [0, 0.05) is 17.0 Å². The molecule has 0 bridgehead atoms. The Bertz CT molecular complexity index is 859. The molecule has 1 N–H and O–H groups in total. The third-order valence-electron chi connectivity index (χ3n) is 4.30. The van der Waals surface area contributed by atoms with Crippen molar-refractivity contribution in [3.05, 3.63) is 78.4 Å². The molecule has 138 valence electrons. The molecule has 3 rings (SSSR count). The number of hydrogen-bond acceptors (Lipinski definition) is 4. The number of nitrogens with one attached hydrogen (secondary N) is 1. The number of fused-ring (bicyclic) bond motifs is 1. The first-order valence-corrected chi connectivity index (χ1v) is 8.94. The zero-order valence-electron chi connectivity index (χ0n) is 15.1. The van der Waals surface area contributed by atoms with E-state index in [1.807, 2.05) is 60.7 Å². The number of anilines is 1. The van der Waals surface area contributed by atoms with Crippen LogP contribution in [0.4, 0.5) is 5.69 Å². The molecule has 1 atom stereocenters. The van der Waals surface area contributed by atoms with Gasteiger partial charge in [-0.15, -0.1) is 6.58 Å². The molecule has 1 aliphatic heterocycles. The van der Waals surface area contributed by atoms with Gasteiger partial charge in [0.1, 0.15) is 12.6 Å². The maximum Gasteiger partial charge on any atom is 0.308 e. The summed E-state index contributed by atoms with van der Waals surface area (Å²) in [5, 5.41) is 2.87. The molecule has 1 amide bonds. The number of carbonyl (C=O) groups excluding carboxylic acids is 2. The number of para-hydroxylation sites is 1. The second kappa shape index (κ2) is 8.94. The molecule has 0 saturated carbocycles. The molecular formula is C22H22N2O3. The summed E-state index contributed by atoms with van der Waals surface area (Å²) in [7, 11) is 0. The first-order valence-electron chi connectivity index (χ1n) is 8.94. The Labute approximate surface area is 158 Å². The summed E-state index contributed by atoms with van der Waals surface area (Å²) in [5.74, 6) is -0.746. The highest BCUT2D eigenvalue weighted by Gasteiger charge is 2.27. The monoisotopic (exact) mass is 362 g/mol. The molecule has 0 radical (unpaired) electrons. The lowest BCUT2D eigenvalue weighted by molar-refractivity contribution is -0.146. The van der Waals surface area contributed by atoms with E-state index in [9.17, 15) is 9.59 Å². The number of allylic oxidation sites excluding steroid dienone is 1. The van der Waals surface area contributed by atoms with Crippen molar-refractivity contribution in [3.8, 4) is 0 Å². The van der Waals surface area contributed by atoms with E-state index in [0.29, 0.717) is 12.1 Å². The maximum absolute atomic E-state index is 12.6. The Kier molecular flexibility index (Phi) is 6.15. The zero-order chi connectivity index (χ0) is 19.1. The molecule has 0 spiro atoms. The first kappa shape index (κ1) is 18.6. The SMILES string of the molecule is C=CCCC1=N[C@H](CC(=O)OCc2ccccc2)C(=O)Nc2ccccc21. The number of amides is 1. The first-order chi connectivity index (χ1) is 13.2. The average Bonchev–Trinajstić information content (AvgIpc) is 2.82. The lowest BCUT2D eigenvalue weighted by Crippen LogP contribution is -2.28. The Balaban J connectivity index is 1.73. The number of rotatable bonds is 7. The molecule has 0 aliphatic carbocycles. The molecule has 2 aromatic rings. The standard InChI is InChI=1S/C22H22N2O3/c1-2-3-12-18-17-11-7-8-13-19(17)24-22(26)20(23-18)14-21(25)27-15-16-9-5-4-6-10-16/h2,4-11,13,20H,1,3,12,14-15H2,(H,24,26)/t20-/m1/s1. The van der Waals surface area contributed by atoms with Crippen LogP contribution in [0.2, 0.25) is 0 Å². The number of benzodiazepines with no additional fused rings is 1. The molecule has 0 saturated heterocycles. The van der Waals surface area contributed by atoms with Gasteiger partial charge in [-0.1, -0.05) is 54.6 Å². The van der Waals surface area contributed by atoms with Gasteiger partial charge in [0.25, 0.3) is 0 Å². The Hall–Kier alpha value is -3.21. The lowest BCUT2D eigenvalue weighted by atomic mass is 10.0. The zero-order valence-corrected chi connectivity index (χ0v) is 15.1. The summed E-state index contributed by atoms with van der Waals surface area (Å²) in [4.78, 5) is 29.4. The smallest absolute Gasteiger partial charge is 0.308 e. The molecule has 1 aliphatic rings. The van der Waals surface area contributed by atoms with Crippen LogP contribution in [0.5, 0.6) is 0 Å². The van der Waals surface area contributed by atoms with Crippen LogP contribution in [0.1, 0.15) is 30.4 Å². The molecule has 0 fully saturated rings. The van der Waals surface area contributed by atoms with Crippen LogP contribution in [-0.2, 0) is 20.9 Å². The largest absolute Gasteiger partial charge is 0.461 e. The predicted molar refractivity (Wildman–Crippen MR) is 106 cm³/mol. The summed E-state index contributed by atoms with van der Waals surface area (Å²) >= 11 is 0. The number of aliphatic imine (C=N–C) groups is 1. The quantitative estimate of drug-likeness (QED) is 0.600. The third-order valence-corrected chi connectivity index (χ3v) is 4.30. The van der Waals surface area contributed by atoms with E-state index < -0.39 is 12.0 Å². The van der Waals surface area contributed by atoms with Crippen LogP contribution >= 0.6 is 0 Å². The minimum atomic E-state index is -0.805. The number of ether oxygens (including phenoxy) is 1.